The first-order valence-electron chi connectivity index (χ1n) is 5.87. The van der Waals surface area contributed by atoms with Crippen molar-refractivity contribution in [2.75, 3.05) is 5.73 Å². The van der Waals surface area contributed by atoms with E-state index in [0.717, 1.165) is 12.1 Å². The van der Waals surface area contributed by atoms with Crippen LogP contribution in [-0.4, -0.2) is 9.97 Å². The van der Waals surface area contributed by atoms with Crippen LogP contribution in [0.2, 0.25) is 0 Å². The molecule has 20 heavy (non-hydrogen) atoms. The van der Waals surface area contributed by atoms with E-state index in [1.54, 1.807) is 0 Å². The summed E-state index contributed by atoms with van der Waals surface area (Å²) >= 11 is 0. The molecule has 0 aliphatic rings. The molecule has 7 heteroatoms. The molecule has 4 nitrogen and oxygen atoms in total. The zero-order valence-electron chi connectivity index (χ0n) is 10.6. The molecule has 1 aromatic heterocycles. The van der Waals surface area contributed by atoms with Crippen LogP contribution in [-0.2, 0) is 12.6 Å². The minimum atomic E-state index is -4.37. The number of anilines is 1. The van der Waals surface area contributed by atoms with Gasteiger partial charge < -0.3 is 10.5 Å². The van der Waals surface area contributed by atoms with Crippen LogP contribution in [0.3, 0.4) is 0 Å². The maximum absolute atomic E-state index is 12.4. The van der Waals surface area contributed by atoms with Gasteiger partial charge in [-0.15, -0.1) is 0 Å². The van der Waals surface area contributed by atoms with Gasteiger partial charge in [-0.3, -0.25) is 0 Å². The van der Waals surface area contributed by atoms with Crippen molar-refractivity contribution < 1.29 is 17.9 Å². The molecule has 1 aromatic carbocycles. The van der Waals surface area contributed by atoms with Gasteiger partial charge in [-0.2, -0.15) is 18.2 Å². The van der Waals surface area contributed by atoms with Crippen molar-refractivity contribution in [1.29, 1.82) is 0 Å². The van der Waals surface area contributed by atoms with E-state index in [0.29, 0.717) is 12.2 Å². The van der Waals surface area contributed by atoms with Gasteiger partial charge in [-0.25, -0.2) is 4.98 Å². The molecule has 0 aliphatic carbocycles. The number of nitrogens with two attached hydrogens (primary N) is 1. The molecule has 1 heterocycles. The van der Waals surface area contributed by atoms with Gasteiger partial charge in [0.2, 0.25) is 5.88 Å². The van der Waals surface area contributed by atoms with E-state index < -0.39 is 11.7 Å². The van der Waals surface area contributed by atoms with Crippen LogP contribution in [0.25, 0.3) is 0 Å². The van der Waals surface area contributed by atoms with Crippen molar-refractivity contribution in [3.8, 4) is 11.6 Å². The van der Waals surface area contributed by atoms with E-state index in [4.69, 9.17) is 10.5 Å². The second-order valence-corrected chi connectivity index (χ2v) is 4.03. The molecule has 2 rings (SSSR count). The fourth-order valence-electron chi connectivity index (χ4n) is 1.54. The molecule has 0 bridgehead atoms. The van der Waals surface area contributed by atoms with Crippen molar-refractivity contribution >= 4 is 5.82 Å². The Bertz CT molecular complexity index is 597. The van der Waals surface area contributed by atoms with Gasteiger partial charge >= 0.3 is 6.18 Å². The average molecular weight is 283 g/mol. The Balaban J connectivity index is 2.20. The number of nitrogens with zero attached hydrogens (tertiary/aromatic N) is 2. The van der Waals surface area contributed by atoms with Crippen LogP contribution in [0.15, 0.2) is 30.3 Å². The van der Waals surface area contributed by atoms with E-state index >= 15 is 0 Å². The predicted molar refractivity (Wildman–Crippen MR) is 67.3 cm³/mol. The molecule has 0 aliphatic heterocycles. The maximum Gasteiger partial charge on any atom is 0.416 e. The Kier molecular flexibility index (Phi) is 3.78. The molecular formula is C13H12F3N3O. The van der Waals surface area contributed by atoms with Crippen LogP contribution in [0, 0.1) is 0 Å². The zero-order chi connectivity index (χ0) is 14.8. The van der Waals surface area contributed by atoms with Crippen molar-refractivity contribution in [2.24, 2.45) is 0 Å². The lowest BCUT2D eigenvalue weighted by atomic mass is 10.2. The highest BCUT2D eigenvalue weighted by atomic mass is 19.4. The van der Waals surface area contributed by atoms with E-state index in [1.807, 2.05) is 6.92 Å². The largest absolute Gasteiger partial charge is 0.439 e. The van der Waals surface area contributed by atoms with Crippen LogP contribution in [0.4, 0.5) is 19.0 Å². The van der Waals surface area contributed by atoms with Crippen molar-refractivity contribution in [1.82, 2.24) is 9.97 Å². The summed E-state index contributed by atoms with van der Waals surface area (Å²) < 4.78 is 42.6. The van der Waals surface area contributed by atoms with Crippen molar-refractivity contribution in [2.45, 2.75) is 19.5 Å². The lowest BCUT2D eigenvalue weighted by molar-refractivity contribution is -0.137. The van der Waals surface area contributed by atoms with Gasteiger partial charge in [0.15, 0.2) is 0 Å². The van der Waals surface area contributed by atoms with E-state index in [-0.39, 0.29) is 17.4 Å². The molecule has 2 N–H and O–H groups in total. The van der Waals surface area contributed by atoms with Gasteiger partial charge in [-0.1, -0.05) is 6.92 Å². The Labute approximate surface area is 113 Å². The smallest absolute Gasteiger partial charge is 0.416 e. The summed E-state index contributed by atoms with van der Waals surface area (Å²) in [7, 11) is 0. The molecule has 0 amide bonds. The summed E-state index contributed by atoms with van der Waals surface area (Å²) in [5.41, 5.74) is 4.86. The number of hydrogen-bond acceptors (Lipinski definition) is 4. The molecule has 0 saturated carbocycles. The van der Waals surface area contributed by atoms with Gasteiger partial charge in [0.05, 0.1) is 5.56 Å². The second-order valence-electron chi connectivity index (χ2n) is 4.03. The molecule has 0 fully saturated rings. The monoisotopic (exact) mass is 283 g/mol. The Hall–Kier alpha value is -2.31. The van der Waals surface area contributed by atoms with E-state index in [9.17, 15) is 13.2 Å². The molecule has 2 aromatic rings. The maximum atomic E-state index is 12.4. The number of ether oxygens (including phenoxy) is 1. The average Bonchev–Trinajstić information content (AvgIpc) is 2.37. The van der Waals surface area contributed by atoms with Crippen LogP contribution >= 0.6 is 0 Å². The first kappa shape index (κ1) is 14.1. The number of rotatable bonds is 3. The Morgan fingerprint density at radius 2 is 1.80 bits per heavy atom. The number of nitrogen functional groups attached to an aromatic ring is 1. The topological polar surface area (TPSA) is 61.0 Å². The molecule has 0 unspecified atom stereocenters. The predicted octanol–water partition coefficient (Wildman–Crippen LogP) is 3.43. The normalized spacial score (nSPS) is 11.4. The lowest BCUT2D eigenvalue weighted by Crippen LogP contribution is -2.04. The minimum Gasteiger partial charge on any atom is -0.439 e. The van der Waals surface area contributed by atoms with Gasteiger partial charge in [0.1, 0.15) is 17.4 Å². The zero-order valence-corrected chi connectivity index (χ0v) is 10.6. The highest BCUT2D eigenvalue weighted by Crippen LogP contribution is 2.31. The summed E-state index contributed by atoms with van der Waals surface area (Å²) in [5, 5.41) is 0. The lowest BCUT2D eigenvalue weighted by Gasteiger charge is -2.09. The fraction of sp³-hybridized carbons (Fsp3) is 0.231. The Morgan fingerprint density at radius 1 is 1.15 bits per heavy atom. The summed E-state index contributed by atoms with van der Waals surface area (Å²) in [6.07, 6.45) is -3.79. The standard InChI is InChI=1S/C13H12F3N3O/c1-2-11-18-10(17)7-12(19-11)20-9-5-3-8(4-6-9)13(14,15)16/h3-7H,2H2,1H3,(H2,17,18,19). The van der Waals surface area contributed by atoms with Gasteiger partial charge in [0.25, 0.3) is 0 Å². The molecule has 0 radical (unpaired) electrons. The number of benzene rings is 1. The summed E-state index contributed by atoms with van der Waals surface area (Å²) in [4.78, 5) is 8.06. The summed E-state index contributed by atoms with van der Waals surface area (Å²) in [6, 6.07) is 5.76. The highest BCUT2D eigenvalue weighted by molar-refractivity contribution is 5.36. The first-order valence-corrected chi connectivity index (χ1v) is 5.87. The number of hydrogen-bond donors (Lipinski definition) is 1. The number of aryl methyl sites for hydroxylation is 1. The molecular weight excluding hydrogens is 271 g/mol. The van der Waals surface area contributed by atoms with Crippen LogP contribution < -0.4 is 10.5 Å². The van der Waals surface area contributed by atoms with Crippen molar-refractivity contribution in [3.63, 3.8) is 0 Å². The van der Waals surface area contributed by atoms with Gasteiger partial charge in [0, 0.05) is 12.5 Å². The SMILES string of the molecule is CCc1nc(N)cc(Oc2ccc(C(F)(F)F)cc2)n1. The third-order valence-electron chi connectivity index (χ3n) is 2.49. The number of halogens is 3. The highest BCUT2D eigenvalue weighted by Gasteiger charge is 2.30. The number of aromatic nitrogens is 2. The third-order valence-corrected chi connectivity index (χ3v) is 2.49. The van der Waals surface area contributed by atoms with Gasteiger partial charge in [-0.05, 0) is 24.3 Å². The quantitative estimate of drug-likeness (QED) is 0.937. The Morgan fingerprint density at radius 3 is 2.35 bits per heavy atom. The fourth-order valence-corrected chi connectivity index (χ4v) is 1.54. The van der Waals surface area contributed by atoms with Crippen molar-refractivity contribution in [3.05, 3.63) is 41.7 Å². The van der Waals surface area contributed by atoms with Crippen LogP contribution in [0.5, 0.6) is 11.6 Å². The minimum absolute atomic E-state index is 0.203. The van der Waals surface area contributed by atoms with E-state index in [1.165, 1.54) is 18.2 Å². The molecule has 106 valence electrons. The number of alkyl halides is 3. The molecule has 0 atom stereocenters. The summed E-state index contributed by atoms with van der Waals surface area (Å²) in [6.45, 7) is 1.86. The third kappa shape index (κ3) is 3.37. The first-order chi connectivity index (χ1) is 9.38. The summed E-state index contributed by atoms with van der Waals surface area (Å²) in [5.74, 6) is 1.21. The van der Waals surface area contributed by atoms with E-state index in [2.05, 4.69) is 9.97 Å². The van der Waals surface area contributed by atoms with Crippen LogP contribution in [0.1, 0.15) is 18.3 Å². The molecule has 0 saturated heterocycles. The second kappa shape index (κ2) is 5.36. The molecule has 0 spiro atoms.